The van der Waals surface area contributed by atoms with E-state index in [4.69, 9.17) is 5.73 Å². The zero-order valence-corrected chi connectivity index (χ0v) is 11.7. The highest BCUT2D eigenvalue weighted by Crippen LogP contribution is 2.27. The Hall–Kier alpha value is -0.760. The highest BCUT2D eigenvalue weighted by molar-refractivity contribution is 7.89. The topological polar surface area (TPSA) is 63.4 Å². The van der Waals surface area contributed by atoms with Gasteiger partial charge < -0.3 is 5.73 Å². The molecule has 19 heavy (non-hydrogen) atoms. The van der Waals surface area contributed by atoms with Crippen LogP contribution in [0.15, 0.2) is 23.1 Å². The van der Waals surface area contributed by atoms with E-state index in [0.717, 1.165) is 22.5 Å². The molecule has 0 bridgehead atoms. The van der Waals surface area contributed by atoms with Crippen LogP contribution in [0.5, 0.6) is 0 Å². The van der Waals surface area contributed by atoms with Gasteiger partial charge in [-0.15, -0.1) is 12.4 Å². The second-order valence-corrected chi connectivity index (χ2v) is 6.18. The Labute approximate surface area is 117 Å². The SMILES string of the molecule is Cl.NCC1CCN(S(=O)(=O)c2c(F)cccc2F)C1. The number of rotatable bonds is 3. The monoisotopic (exact) mass is 312 g/mol. The molecule has 2 N–H and O–H groups in total. The molecule has 0 spiro atoms. The van der Waals surface area contributed by atoms with Crippen LogP contribution >= 0.6 is 12.4 Å². The van der Waals surface area contributed by atoms with Gasteiger partial charge in [-0.3, -0.25) is 0 Å². The minimum absolute atomic E-state index is 0. The van der Waals surface area contributed by atoms with Gasteiger partial charge in [-0.2, -0.15) is 4.31 Å². The Morgan fingerprint density at radius 2 is 1.89 bits per heavy atom. The Kier molecular flexibility index (Phi) is 5.26. The van der Waals surface area contributed by atoms with Crippen LogP contribution in [-0.2, 0) is 10.0 Å². The molecule has 1 fully saturated rings. The lowest BCUT2D eigenvalue weighted by molar-refractivity contribution is 0.443. The van der Waals surface area contributed by atoms with Crippen molar-refractivity contribution in [1.82, 2.24) is 4.31 Å². The molecule has 0 radical (unpaired) electrons. The summed E-state index contributed by atoms with van der Waals surface area (Å²) >= 11 is 0. The number of nitrogens with zero attached hydrogens (tertiary/aromatic N) is 1. The van der Waals surface area contributed by atoms with Crippen LogP contribution in [0.4, 0.5) is 8.78 Å². The molecule has 0 saturated carbocycles. The van der Waals surface area contributed by atoms with Gasteiger partial charge in [0.1, 0.15) is 11.6 Å². The summed E-state index contributed by atoms with van der Waals surface area (Å²) in [4.78, 5) is -0.873. The highest BCUT2D eigenvalue weighted by atomic mass is 35.5. The summed E-state index contributed by atoms with van der Waals surface area (Å²) < 4.78 is 52.4. The van der Waals surface area contributed by atoms with Crippen molar-refractivity contribution in [3.8, 4) is 0 Å². The van der Waals surface area contributed by atoms with E-state index >= 15 is 0 Å². The maximum absolute atomic E-state index is 13.5. The van der Waals surface area contributed by atoms with Crippen LogP contribution in [0.25, 0.3) is 0 Å². The molecule has 1 aromatic rings. The quantitative estimate of drug-likeness (QED) is 0.916. The fourth-order valence-electron chi connectivity index (χ4n) is 2.07. The van der Waals surface area contributed by atoms with Gasteiger partial charge in [-0.1, -0.05) is 6.07 Å². The van der Waals surface area contributed by atoms with Crippen molar-refractivity contribution in [2.45, 2.75) is 11.3 Å². The van der Waals surface area contributed by atoms with Crippen molar-refractivity contribution in [1.29, 1.82) is 0 Å². The molecule has 0 aromatic heterocycles. The van der Waals surface area contributed by atoms with Crippen LogP contribution in [0.1, 0.15) is 6.42 Å². The highest BCUT2D eigenvalue weighted by Gasteiger charge is 2.35. The minimum Gasteiger partial charge on any atom is -0.330 e. The first-order chi connectivity index (χ1) is 8.46. The molecule has 0 amide bonds. The fourth-order valence-corrected chi connectivity index (χ4v) is 3.71. The molecule has 1 aliphatic rings. The number of sulfonamides is 1. The van der Waals surface area contributed by atoms with Gasteiger partial charge in [0.05, 0.1) is 0 Å². The Balaban J connectivity index is 0.00000180. The third kappa shape index (κ3) is 3.05. The molecule has 108 valence electrons. The summed E-state index contributed by atoms with van der Waals surface area (Å²) in [5, 5.41) is 0. The second-order valence-electron chi connectivity index (χ2n) is 4.30. The zero-order valence-electron chi connectivity index (χ0n) is 10.1. The molecule has 4 nitrogen and oxygen atoms in total. The predicted molar refractivity (Wildman–Crippen MR) is 69.5 cm³/mol. The molecule has 8 heteroatoms. The van der Waals surface area contributed by atoms with Crippen molar-refractivity contribution in [3.63, 3.8) is 0 Å². The van der Waals surface area contributed by atoms with E-state index in [9.17, 15) is 17.2 Å². The van der Waals surface area contributed by atoms with Gasteiger partial charge in [-0.25, -0.2) is 17.2 Å². The minimum atomic E-state index is -4.12. The normalized spacial score (nSPS) is 20.3. The van der Waals surface area contributed by atoms with Gasteiger partial charge in [0.15, 0.2) is 4.90 Å². The summed E-state index contributed by atoms with van der Waals surface area (Å²) in [6.45, 7) is 0.830. The Morgan fingerprint density at radius 3 is 2.37 bits per heavy atom. The first kappa shape index (κ1) is 16.3. The van der Waals surface area contributed by atoms with Crippen LogP contribution in [0, 0.1) is 17.6 Å². The average Bonchev–Trinajstić information content (AvgIpc) is 2.77. The van der Waals surface area contributed by atoms with E-state index in [1.165, 1.54) is 0 Å². The molecule has 0 aliphatic carbocycles. The van der Waals surface area contributed by atoms with Crippen LogP contribution in [-0.4, -0.2) is 32.4 Å². The van der Waals surface area contributed by atoms with E-state index in [1.54, 1.807) is 0 Å². The van der Waals surface area contributed by atoms with Gasteiger partial charge >= 0.3 is 0 Å². The number of benzene rings is 1. The first-order valence-corrected chi connectivity index (χ1v) is 7.05. The zero-order chi connectivity index (χ0) is 13.3. The summed E-state index contributed by atoms with van der Waals surface area (Å²) in [7, 11) is -4.12. The van der Waals surface area contributed by atoms with Crippen LogP contribution in [0.3, 0.4) is 0 Å². The molecule has 1 heterocycles. The number of hydrogen-bond donors (Lipinski definition) is 1. The lowest BCUT2D eigenvalue weighted by Crippen LogP contribution is -2.31. The van der Waals surface area contributed by atoms with E-state index in [0.29, 0.717) is 13.0 Å². The van der Waals surface area contributed by atoms with Gasteiger partial charge in [-0.05, 0) is 31.0 Å². The lowest BCUT2D eigenvalue weighted by atomic mass is 10.1. The van der Waals surface area contributed by atoms with Crippen molar-refractivity contribution in [2.75, 3.05) is 19.6 Å². The average molecular weight is 313 g/mol. The lowest BCUT2D eigenvalue weighted by Gasteiger charge is -2.17. The van der Waals surface area contributed by atoms with E-state index in [2.05, 4.69) is 0 Å². The van der Waals surface area contributed by atoms with Crippen molar-refractivity contribution >= 4 is 22.4 Å². The van der Waals surface area contributed by atoms with Crippen molar-refractivity contribution in [3.05, 3.63) is 29.8 Å². The largest absolute Gasteiger partial charge is 0.330 e. The van der Waals surface area contributed by atoms with E-state index < -0.39 is 26.6 Å². The third-order valence-electron chi connectivity index (χ3n) is 3.10. The maximum Gasteiger partial charge on any atom is 0.248 e. The second kappa shape index (κ2) is 6.13. The summed E-state index contributed by atoms with van der Waals surface area (Å²) in [5.74, 6) is -2.08. The molecule has 1 saturated heterocycles. The fraction of sp³-hybridized carbons (Fsp3) is 0.455. The number of hydrogen-bond acceptors (Lipinski definition) is 3. The molecule has 1 aromatic carbocycles. The Bertz CT molecular complexity index is 533. The summed E-state index contributed by atoms with van der Waals surface area (Å²) in [5.41, 5.74) is 5.47. The van der Waals surface area contributed by atoms with E-state index in [-0.39, 0.29) is 31.4 Å². The van der Waals surface area contributed by atoms with Crippen LogP contribution < -0.4 is 5.73 Å². The summed E-state index contributed by atoms with van der Waals surface area (Å²) in [6.07, 6.45) is 0.617. The predicted octanol–water partition coefficient (Wildman–Crippen LogP) is 1.36. The molecule has 1 aliphatic heterocycles. The third-order valence-corrected chi connectivity index (χ3v) is 5.02. The molecule has 1 unspecified atom stereocenters. The maximum atomic E-state index is 13.5. The molecule has 2 rings (SSSR count). The van der Waals surface area contributed by atoms with Gasteiger partial charge in [0, 0.05) is 13.1 Å². The number of halogens is 3. The number of nitrogens with two attached hydrogens (primary N) is 1. The summed E-state index contributed by atoms with van der Waals surface area (Å²) in [6, 6.07) is 3.01. The van der Waals surface area contributed by atoms with Crippen molar-refractivity contribution < 1.29 is 17.2 Å². The Morgan fingerprint density at radius 1 is 1.32 bits per heavy atom. The molecular formula is C11H15ClF2N2O2S. The molecular weight excluding hydrogens is 298 g/mol. The van der Waals surface area contributed by atoms with Crippen molar-refractivity contribution in [2.24, 2.45) is 11.7 Å². The van der Waals surface area contributed by atoms with E-state index in [1.807, 2.05) is 0 Å². The standard InChI is InChI=1S/C11H14F2N2O2S.ClH/c12-9-2-1-3-10(13)11(9)18(16,17)15-5-4-8(6-14)7-15;/h1-3,8H,4-7,14H2;1H. The van der Waals surface area contributed by atoms with Gasteiger partial charge in [0.2, 0.25) is 10.0 Å². The molecule has 1 atom stereocenters. The smallest absolute Gasteiger partial charge is 0.248 e. The van der Waals surface area contributed by atoms with Gasteiger partial charge in [0.25, 0.3) is 0 Å². The van der Waals surface area contributed by atoms with Crippen LogP contribution in [0.2, 0.25) is 0 Å². The first-order valence-electron chi connectivity index (χ1n) is 5.61.